The van der Waals surface area contributed by atoms with Gasteiger partial charge in [-0.3, -0.25) is 4.79 Å². The molecule has 92 valence electrons. The van der Waals surface area contributed by atoms with Gasteiger partial charge in [0.1, 0.15) is 23.7 Å². The lowest BCUT2D eigenvalue weighted by atomic mass is 10.1. The number of carbonyl (C=O) groups is 1. The van der Waals surface area contributed by atoms with Gasteiger partial charge in [-0.15, -0.1) is 0 Å². The summed E-state index contributed by atoms with van der Waals surface area (Å²) in [5.41, 5.74) is 5.84. The first-order chi connectivity index (χ1) is 8.68. The van der Waals surface area contributed by atoms with Crippen molar-refractivity contribution in [3.8, 4) is 5.75 Å². The van der Waals surface area contributed by atoms with Gasteiger partial charge in [-0.05, 0) is 17.7 Å². The molecule has 0 aliphatic carbocycles. The van der Waals surface area contributed by atoms with E-state index in [-0.39, 0.29) is 17.9 Å². The van der Waals surface area contributed by atoms with Crippen LogP contribution < -0.4 is 10.5 Å². The number of amides is 1. The van der Waals surface area contributed by atoms with Gasteiger partial charge in [-0.2, -0.15) is 0 Å². The molecule has 0 aliphatic rings. The summed E-state index contributed by atoms with van der Waals surface area (Å²) < 4.78 is 18.9. The Bertz CT molecular complexity index is 555. The molecule has 0 saturated heterocycles. The Hall–Kier alpha value is -2.36. The standard InChI is InChI=1S/C14H12FNO2/c15-11-7-4-8-12(13(11)14(16)17)18-9-10-5-2-1-3-6-10/h1-8H,9H2,(H2,16,17). The summed E-state index contributed by atoms with van der Waals surface area (Å²) in [5, 5.41) is 0. The number of hydrogen-bond donors (Lipinski definition) is 1. The quantitative estimate of drug-likeness (QED) is 0.899. The van der Waals surface area contributed by atoms with E-state index >= 15 is 0 Å². The fourth-order valence-corrected chi connectivity index (χ4v) is 1.60. The molecular formula is C14H12FNO2. The molecule has 3 nitrogen and oxygen atoms in total. The minimum atomic E-state index is -0.837. The Labute approximate surface area is 104 Å². The van der Waals surface area contributed by atoms with Crippen LogP contribution in [0.2, 0.25) is 0 Å². The monoisotopic (exact) mass is 245 g/mol. The average molecular weight is 245 g/mol. The van der Waals surface area contributed by atoms with Crippen LogP contribution in [0.1, 0.15) is 15.9 Å². The molecule has 2 aromatic rings. The highest BCUT2D eigenvalue weighted by molar-refractivity contribution is 5.95. The molecule has 0 spiro atoms. The summed E-state index contributed by atoms with van der Waals surface area (Å²) in [6.07, 6.45) is 0. The third-order valence-electron chi connectivity index (χ3n) is 2.46. The lowest BCUT2D eigenvalue weighted by Gasteiger charge is -2.10. The lowest BCUT2D eigenvalue weighted by molar-refractivity contribution is 0.0991. The van der Waals surface area contributed by atoms with Crippen molar-refractivity contribution >= 4 is 5.91 Å². The number of halogens is 1. The summed E-state index contributed by atoms with van der Waals surface area (Å²) in [4.78, 5) is 11.2. The van der Waals surface area contributed by atoms with Crippen LogP contribution in [0.15, 0.2) is 48.5 Å². The van der Waals surface area contributed by atoms with Gasteiger partial charge in [0.15, 0.2) is 0 Å². The van der Waals surface area contributed by atoms with Gasteiger partial charge in [-0.1, -0.05) is 36.4 Å². The van der Waals surface area contributed by atoms with E-state index < -0.39 is 11.7 Å². The molecular weight excluding hydrogens is 233 g/mol. The number of carbonyl (C=O) groups excluding carboxylic acids is 1. The van der Waals surface area contributed by atoms with Gasteiger partial charge < -0.3 is 10.5 Å². The molecule has 0 aliphatic heterocycles. The van der Waals surface area contributed by atoms with Gasteiger partial charge in [0.05, 0.1) is 0 Å². The normalized spacial score (nSPS) is 10.1. The van der Waals surface area contributed by atoms with Crippen LogP contribution in [0.5, 0.6) is 5.75 Å². The van der Waals surface area contributed by atoms with E-state index in [1.165, 1.54) is 18.2 Å². The zero-order chi connectivity index (χ0) is 13.0. The predicted molar refractivity (Wildman–Crippen MR) is 65.7 cm³/mol. The van der Waals surface area contributed by atoms with Gasteiger partial charge in [0, 0.05) is 0 Å². The number of hydrogen-bond acceptors (Lipinski definition) is 2. The number of rotatable bonds is 4. The minimum absolute atomic E-state index is 0.159. The first-order valence-corrected chi connectivity index (χ1v) is 5.43. The van der Waals surface area contributed by atoms with E-state index in [0.29, 0.717) is 0 Å². The van der Waals surface area contributed by atoms with Crippen LogP contribution in [-0.2, 0) is 6.61 Å². The molecule has 4 heteroatoms. The van der Waals surface area contributed by atoms with Crippen LogP contribution in [-0.4, -0.2) is 5.91 Å². The van der Waals surface area contributed by atoms with E-state index in [1.54, 1.807) is 0 Å². The average Bonchev–Trinajstić information content (AvgIpc) is 2.37. The first-order valence-electron chi connectivity index (χ1n) is 5.43. The molecule has 1 amide bonds. The van der Waals surface area contributed by atoms with Crippen molar-refractivity contribution in [1.29, 1.82) is 0 Å². The third-order valence-corrected chi connectivity index (χ3v) is 2.46. The predicted octanol–water partition coefficient (Wildman–Crippen LogP) is 2.50. The Balaban J connectivity index is 2.20. The van der Waals surface area contributed by atoms with Crippen molar-refractivity contribution in [3.63, 3.8) is 0 Å². The third kappa shape index (κ3) is 2.66. The van der Waals surface area contributed by atoms with E-state index in [1.807, 2.05) is 30.3 Å². The van der Waals surface area contributed by atoms with Crippen LogP contribution >= 0.6 is 0 Å². The Morgan fingerprint density at radius 3 is 2.50 bits per heavy atom. The second kappa shape index (κ2) is 5.31. The van der Waals surface area contributed by atoms with Crippen molar-refractivity contribution in [1.82, 2.24) is 0 Å². The van der Waals surface area contributed by atoms with E-state index in [9.17, 15) is 9.18 Å². The number of primary amides is 1. The maximum Gasteiger partial charge on any atom is 0.255 e. The van der Waals surface area contributed by atoms with Crippen molar-refractivity contribution in [2.24, 2.45) is 5.73 Å². The van der Waals surface area contributed by atoms with E-state index in [0.717, 1.165) is 5.56 Å². The highest BCUT2D eigenvalue weighted by Crippen LogP contribution is 2.21. The zero-order valence-electron chi connectivity index (χ0n) is 9.60. The summed E-state index contributed by atoms with van der Waals surface area (Å²) in [6.45, 7) is 0.255. The van der Waals surface area contributed by atoms with E-state index in [2.05, 4.69) is 0 Å². The highest BCUT2D eigenvalue weighted by Gasteiger charge is 2.14. The largest absolute Gasteiger partial charge is 0.488 e. The molecule has 0 aromatic heterocycles. The summed E-state index contributed by atoms with van der Waals surface area (Å²) in [5.74, 6) is -1.35. The second-order valence-corrected chi connectivity index (χ2v) is 3.75. The number of nitrogens with two attached hydrogens (primary N) is 1. The molecule has 0 atom stereocenters. The Kier molecular flexibility index (Phi) is 3.57. The maximum atomic E-state index is 13.4. The van der Waals surface area contributed by atoms with Crippen molar-refractivity contribution in [2.75, 3.05) is 0 Å². The molecule has 0 heterocycles. The maximum absolute atomic E-state index is 13.4. The topological polar surface area (TPSA) is 52.3 Å². The lowest BCUT2D eigenvalue weighted by Crippen LogP contribution is -2.15. The SMILES string of the molecule is NC(=O)c1c(F)cccc1OCc1ccccc1. The van der Waals surface area contributed by atoms with Crippen molar-refractivity contribution < 1.29 is 13.9 Å². The van der Waals surface area contributed by atoms with Gasteiger partial charge in [0.25, 0.3) is 5.91 Å². The highest BCUT2D eigenvalue weighted by atomic mass is 19.1. The first kappa shape index (κ1) is 12.1. The van der Waals surface area contributed by atoms with Gasteiger partial charge in [0.2, 0.25) is 0 Å². The molecule has 0 saturated carbocycles. The molecule has 0 unspecified atom stereocenters. The molecule has 0 fully saturated rings. The molecule has 0 bridgehead atoms. The molecule has 2 aromatic carbocycles. The van der Waals surface area contributed by atoms with Crippen LogP contribution in [0.4, 0.5) is 4.39 Å². The van der Waals surface area contributed by atoms with Crippen LogP contribution in [0, 0.1) is 5.82 Å². The van der Waals surface area contributed by atoms with Gasteiger partial charge >= 0.3 is 0 Å². The van der Waals surface area contributed by atoms with Crippen LogP contribution in [0.3, 0.4) is 0 Å². The van der Waals surface area contributed by atoms with Crippen molar-refractivity contribution in [3.05, 3.63) is 65.5 Å². The summed E-state index contributed by atoms with van der Waals surface area (Å²) >= 11 is 0. The molecule has 18 heavy (non-hydrogen) atoms. The van der Waals surface area contributed by atoms with Gasteiger partial charge in [-0.25, -0.2) is 4.39 Å². The second-order valence-electron chi connectivity index (χ2n) is 3.75. The number of ether oxygens (including phenoxy) is 1. The Morgan fingerprint density at radius 2 is 1.83 bits per heavy atom. The molecule has 0 radical (unpaired) electrons. The minimum Gasteiger partial charge on any atom is -0.488 e. The Morgan fingerprint density at radius 1 is 1.11 bits per heavy atom. The fraction of sp³-hybridized carbons (Fsp3) is 0.0714. The van der Waals surface area contributed by atoms with Crippen LogP contribution in [0.25, 0.3) is 0 Å². The molecule has 2 rings (SSSR count). The summed E-state index contributed by atoms with van der Waals surface area (Å²) in [7, 11) is 0. The summed E-state index contributed by atoms with van der Waals surface area (Å²) in [6, 6.07) is 13.6. The molecule has 2 N–H and O–H groups in total. The van der Waals surface area contributed by atoms with Crippen molar-refractivity contribution in [2.45, 2.75) is 6.61 Å². The number of benzene rings is 2. The zero-order valence-corrected chi connectivity index (χ0v) is 9.60. The fourth-order valence-electron chi connectivity index (χ4n) is 1.60. The smallest absolute Gasteiger partial charge is 0.255 e. The van der Waals surface area contributed by atoms with E-state index in [4.69, 9.17) is 10.5 Å².